The summed E-state index contributed by atoms with van der Waals surface area (Å²) in [5, 5.41) is 0. The van der Waals surface area contributed by atoms with Gasteiger partial charge in [0, 0.05) is 24.2 Å². The van der Waals surface area contributed by atoms with E-state index in [2.05, 4.69) is 9.98 Å². The summed E-state index contributed by atoms with van der Waals surface area (Å²) in [6.45, 7) is 1.67. The van der Waals surface area contributed by atoms with Gasteiger partial charge in [-0.2, -0.15) is 4.99 Å². The van der Waals surface area contributed by atoms with Crippen LogP contribution in [0.2, 0.25) is 0 Å². The summed E-state index contributed by atoms with van der Waals surface area (Å²) in [4.78, 5) is 19.3. The Kier molecular flexibility index (Phi) is 4.00. The number of imidazole rings is 1. The molecular weight excluding hydrogens is 306 g/mol. The van der Waals surface area contributed by atoms with Gasteiger partial charge < -0.3 is 16.0 Å². The van der Waals surface area contributed by atoms with Crippen LogP contribution in [0, 0.1) is 6.92 Å². The highest BCUT2D eigenvalue weighted by atomic mass is 32.2. The number of aliphatic imine (C=N–C) groups is 1. The lowest BCUT2D eigenvalue weighted by Crippen LogP contribution is -2.24. The number of sulfone groups is 1. The first-order valence-electron chi connectivity index (χ1n) is 6.17. The molecule has 9 heteroatoms. The highest BCUT2D eigenvalue weighted by molar-refractivity contribution is 7.90. The molecule has 2 aromatic rings. The summed E-state index contributed by atoms with van der Waals surface area (Å²) >= 11 is 0. The second kappa shape index (κ2) is 5.60. The van der Waals surface area contributed by atoms with Gasteiger partial charge in [-0.05, 0) is 24.6 Å². The van der Waals surface area contributed by atoms with Crippen LogP contribution in [0.1, 0.15) is 15.9 Å². The Morgan fingerprint density at radius 2 is 2.00 bits per heavy atom. The zero-order valence-electron chi connectivity index (χ0n) is 12.0. The maximum absolute atomic E-state index is 12.0. The Bertz CT molecular complexity index is 850. The fourth-order valence-electron chi connectivity index (χ4n) is 1.98. The topological polar surface area (TPSA) is 133 Å². The number of guanidine groups is 1. The van der Waals surface area contributed by atoms with Crippen LogP contribution in [0.5, 0.6) is 0 Å². The monoisotopic (exact) mass is 321 g/mol. The maximum atomic E-state index is 12.0. The maximum Gasteiger partial charge on any atom is 0.280 e. The first-order valence-corrected chi connectivity index (χ1v) is 8.06. The number of benzene rings is 1. The van der Waals surface area contributed by atoms with E-state index < -0.39 is 15.7 Å². The number of amides is 1. The van der Waals surface area contributed by atoms with Gasteiger partial charge in [0.15, 0.2) is 15.8 Å². The quantitative estimate of drug-likeness (QED) is 0.603. The van der Waals surface area contributed by atoms with Gasteiger partial charge in [-0.1, -0.05) is 0 Å². The summed E-state index contributed by atoms with van der Waals surface area (Å²) in [5.41, 5.74) is 11.4. The van der Waals surface area contributed by atoms with E-state index in [1.807, 2.05) is 0 Å². The number of hydrogen-bond acceptors (Lipinski definition) is 4. The molecule has 0 aliphatic carbocycles. The van der Waals surface area contributed by atoms with Crippen molar-refractivity contribution in [2.24, 2.45) is 16.5 Å². The number of aromatic nitrogens is 2. The first kappa shape index (κ1) is 15.7. The molecule has 0 unspecified atom stereocenters. The second-order valence-electron chi connectivity index (χ2n) is 4.72. The predicted molar refractivity (Wildman–Crippen MR) is 81.6 cm³/mol. The van der Waals surface area contributed by atoms with Crippen molar-refractivity contribution >= 4 is 21.7 Å². The number of nitrogens with two attached hydrogens (primary N) is 2. The molecule has 0 radical (unpaired) electrons. The number of nitrogens with zero attached hydrogens (tertiary/aromatic N) is 3. The van der Waals surface area contributed by atoms with E-state index in [0.717, 1.165) is 6.26 Å². The van der Waals surface area contributed by atoms with Crippen LogP contribution in [0.25, 0.3) is 5.69 Å². The molecule has 0 atom stereocenters. The van der Waals surface area contributed by atoms with E-state index in [1.165, 1.54) is 18.6 Å². The van der Waals surface area contributed by atoms with Crippen molar-refractivity contribution in [3.8, 4) is 5.69 Å². The second-order valence-corrected chi connectivity index (χ2v) is 6.70. The molecule has 1 heterocycles. The van der Waals surface area contributed by atoms with Gasteiger partial charge in [-0.3, -0.25) is 4.79 Å². The number of carbonyl (C=O) groups is 1. The van der Waals surface area contributed by atoms with Crippen LogP contribution in [0.4, 0.5) is 0 Å². The molecule has 0 saturated carbocycles. The largest absolute Gasteiger partial charge is 0.370 e. The fraction of sp³-hybridized carbons (Fsp3) is 0.154. The number of carbonyl (C=O) groups excluding carboxylic acids is 1. The molecule has 2 rings (SSSR count). The molecule has 0 saturated heterocycles. The first-order chi connectivity index (χ1) is 10.2. The lowest BCUT2D eigenvalue weighted by atomic mass is 10.1. The molecule has 1 amide bonds. The molecule has 4 N–H and O–H groups in total. The van der Waals surface area contributed by atoms with Crippen LogP contribution >= 0.6 is 0 Å². The Balaban J connectivity index is 2.73. The molecule has 116 valence electrons. The average molecular weight is 321 g/mol. The average Bonchev–Trinajstić information content (AvgIpc) is 2.89. The minimum Gasteiger partial charge on any atom is -0.370 e. The van der Waals surface area contributed by atoms with Crippen LogP contribution in [0.15, 0.2) is 40.7 Å². The zero-order chi connectivity index (χ0) is 16.5. The molecule has 22 heavy (non-hydrogen) atoms. The minimum absolute atomic E-state index is 0.00903. The van der Waals surface area contributed by atoms with Gasteiger partial charge in [0.2, 0.25) is 0 Å². The number of rotatable bonds is 3. The van der Waals surface area contributed by atoms with Crippen molar-refractivity contribution in [1.82, 2.24) is 9.55 Å². The van der Waals surface area contributed by atoms with Crippen LogP contribution in [0.3, 0.4) is 0 Å². The van der Waals surface area contributed by atoms with Gasteiger partial charge in [0.25, 0.3) is 5.91 Å². The smallest absolute Gasteiger partial charge is 0.280 e. The van der Waals surface area contributed by atoms with Gasteiger partial charge in [0.1, 0.15) is 0 Å². The third-order valence-corrected chi connectivity index (χ3v) is 4.07. The van der Waals surface area contributed by atoms with Crippen molar-refractivity contribution in [2.75, 3.05) is 6.26 Å². The van der Waals surface area contributed by atoms with E-state index in [-0.39, 0.29) is 16.4 Å². The highest BCUT2D eigenvalue weighted by Crippen LogP contribution is 2.25. The van der Waals surface area contributed by atoms with Gasteiger partial charge in [-0.15, -0.1) is 0 Å². The van der Waals surface area contributed by atoms with Gasteiger partial charge in [-0.25, -0.2) is 13.4 Å². The molecule has 1 aromatic heterocycles. The van der Waals surface area contributed by atoms with Gasteiger partial charge in [0.05, 0.1) is 16.9 Å². The molecule has 0 aliphatic heterocycles. The predicted octanol–water partition coefficient (Wildman–Crippen LogP) is -0.00218. The van der Waals surface area contributed by atoms with Crippen LogP contribution < -0.4 is 11.5 Å². The molecule has 0 fully saturated rings. The van der Waals surface area contributed by atoms with E-state index >= 15 is 0 Å². The molecule has 0 aliphatic rings. The van der Waals surface area contributed by atoms with E-state index in [0.29, 0.717) is 11.3 Å². The Morgan fingerprint density at radius 1 is 1.32 bits per heavy atom. The van der Waals surface area contributed by atoms with Crippen molar-refractivity contribution in [1.29, 1.82) is 0 Å². The summed E-state index contributed by atoms with van der Waals surface area (Å²) < 4.78 is 25.6. The van der Waals surface area contributed by atoms with Crippen LogP contribution in [-0.2, 0) is 9.84 Å². The van der Waals surface area contributed by atoms with Crippen LogP contribution in [-0.4, -0.2) is 36.1 Å². The highest BCUT2D eigenvalue weighted by Gasteiger charge is 2.20. The molecule has 8 nitrogen and oxygen atoms in total. The van der Waals surface area contributed by atoms with Crippen molar-refractivity contribution in [2.45, 2.75) is 11.8 Å². The summed E-state index contributed by atoms with van der Waals surface area (Å²) in [5.74, 6) is -1.08. The lowest BCUT2D eigenvalue weighted by molar-refractivity contribution is 0.100. The fourth-order valence-corrected chi connectivity index (χ4v) is 2.86. The third-order valence-electron chi connectivity index (χ3n) is 2.95. The van der Waals surface area contributed by atoms with Crippen molar-refractivity contribution < 1.29 is 13.2 Å². The molecule has 0 spiro atoms. The standard InChI is InChI=1S/C13H15N5O3S/c1-8-5-10(18-4-3-16-7-18)11(22(2,20)21)6-9(8)12(19)17-13(14)15/h3-7H,1-2H3,(H4,14,15,17,19). The van der Waals surface area contributed by atoms with E-state index in [1.54, 1.807) is 23.8 Å². The van der Waals surface area contributed by atoms with Crippen molar-refractivity contribution in [3.05, 3.63) is 42.0 Å². The SMILES string of the molecule is Cc1cc(-n2ccnc2)c(S(C)(=O)=O)cc1C(=O)N=C(N)N. The normalized spacial score (nSPS) is 11.2. The van der Waals surface area contributed by atoms with Crippen molar-refractivity contribution in [3.63, 3.8) is 0 Å². The van der Waals surface area contributed by atoms with E-state index in [9.17, 15) is 13.2 Å². The molecule has 0 bridgehead atoms. The lowest BCUT2D eigenvalue weighted by Gasteiger charge is -2.12. The Labute approximate surface area is 127 Å². The number of hydrogen-bond donors (Lipinski definition) is 2. The summed E-state index contributed by atoms with van der Waals surface area (Å²) in [6.07, 6.45) is 5.68. The summed E-state index contributed by atoms with van der Waals surface area (Å²) in [6, 6.07) is 2.85. The van der Waals surface area contributed by atoms with E-state index in [4.69, 9.17) is 11.5 Å². The number of aryl methyl sites for hydroxylation is 1. The molecule has 1 aromatic carbocycles. The Hall–Kier alpha value is -2.68. The van der Waals surface area contributed by atoms with Gasteiger partial charge >= 0.3 is 0 Å². The molecular formula is C13H15N5O3S. The minimum atomic E-state index is -3.57. The Morgan fingerprint density at radius 3 is 2.50 bits per heavy atom. The summed E-state index contributed by atoms with van der Waals surface area (Å²) in [7, 11) is -3.57. The third kappa shape index (κ3) is 3.14. The zero-order valence-corrected chi connectivity index (χ0v) is 12.8.